The van der Waals surface area contributed by atoms with Crippen LogP contribution in [0.4, 0.5) is 0 Å². The first kappa shape index (κ1) is 20.8. The van der Waals surface area contributed by atoms with Crippen LogP contribution in [-0.2, 0) is 11.8 Å². The number of hydrogen-bond acceptors (Lipinski definition) is 4. The molecule has 152 valence electrons. The van der Waals surface area contributed by atoms with Crippen LogP contribution in [0.5, 0.6) is 5.75 Å². The fourth-order valence-corrected chi connectivity index (χ4v) is 3.86. The number of rotatable bonds is 5. The minimum absolute atomic E-state index is 0.134. The van der Waals surface area contributed by atoms with Crippen LogP contribution >= 0.6 is 0 Å². The maximum Gasteiger partial charge on any atom is 0.123 e. The fraction of sp³-hybridized carbons (Fsp3) is 0.500. The summed E-state index contributed by atoms with van der Waals surface area (Å²) in [5.74, 6) is 0.443. The Morgan fingerprint density at radius 2 is 1.64 bits per heavy atom. The van der Waals surface area contributed by atoms with Crippen LogP contribution in [-0.4, -0.2) is 40.2 Å². The van der Waals surface area contributed by atoms with Crippen molar-refractivity contribution in [2.75, 3.05) is 6.61 Å². The third-order valence-corrected chi connectivity index (χ3v) is 5.66. The van der Waals surface area contributed by atoms with Crippen molar-refractivity contribution in [1.82, 2.24) is 0 Å². The second-order valence-electron chi connectivity index (χ2n) is 8.94. The molecule has 2 aromatic carbocycles. The molecule has 0 aromatic heterocycles. The highest BCUT2D eigenvalue weighted by molar-refractivity contribution is 5.39. The van der Waals surface area contributed by atoms with Gasteiger partial charge in [-0.1, -0.05) is 63.2 Å². The molecule has 0 heterocycles. The molecule has 1 fully saturated rings. The summed E-state index contributed by atoms with van der Waals surface area (Å²) < 4.78 is 6.21. The first-order chi connectivity index (χ1) is 13.3. The van der Waals surface area contributed by atoms with Crippen molar-refractivity contribution >= 4 is 0 Å². The minimum atomic E-state index is -0.888. The van der Waals surface area contributed by atoms with Gasteiger partial charge in [-0.2, -0.15) is 0 Å². The van der Waals surface area contributed by atoms with Crippen LogP contribution in [0.1, 0.15) is 50.3 Å². The summed E-state index contributed by atoms with van der Waals surface area (Å²) in [6.45, 7) is 6.47. The molecule has 4 heteroatoms. The van der Waals surface area contributed by atoms with E-state index in [9.17, 15) is 15.3 Å². The molecule has 1 saturated carbocycles. The Bertz CT molecular complexity index is 763. The normalized spacial score (nSPS) is 25.5. The van der Waals surface area contributed by atoms with Crippen molar-refractivity contribution in [3.8, 4) is 5.75 Å². The third-order valence-electron chi connectivity index (χ3n) is 5.66. The first-order valence-electron chi connectivity index (χ1n) is 10.1. The smallest absolute Gasteiger partial charge is 0.123 e. The summed E-state index contributed by atoms with van der Waals surface area (Å²) in [5.41, 5.74) is 3.75. The van der Waals surface area contributed by atoms with E-state index in [1.807, 2.05) is 18.2 Å². The van der Waals surface area contributed by atoms with Crippen molar-refractivity contribution in [1.29, 1.82) is 0 Å². The molecule has 2 aromatic rings. The molecule has 0 bridgehead atoms. The van der Waals surface area contributed by atoms with E-state index in [2.05, 4.69) is 51.1 Å². The highest BCUT2D eigenvalue weighted by atomic mass is 16.5. The lowest BCUT2D eigenvalue weighted by molar-refractivity contribution is -0.0892. The van der Waals surface area contributed by atoms with Crippen LogP contribution in [0, 0.1) is 5.92 Å². The van der Waals surface area contributed by atoms with E-state index in [1.165, 1.54) is 11.1 Å². The van der Waals surface area contributed by atoms with Crippen LogP contribution in [0.15, 0.2) is 48.5 Å². The van der Waals surface area contributed by atoms with Crippen LogP contribution in [0.3, 0.4) is 0 Å². The summed E-state index contributed by atoms with van der Waals surface area (Å²) >= 11 is 0. The summed E-state index contributed by atoms with van der Waals surface area (Å²) in [6.07, 6.45) is -0.313. The molecule has 1 aliphatic rings. The molecule has 28 heavy (non-hydrogen) atoms. The SMILES string of the molecule is CC(C)(C)c1ccc(Cc2ccccc2O[C@@H]2C[C@H](CO)[C@@H](O)[C@H](O)C2)cc1. The average Bonchev–Trinajstić information content (AvgIpc) is 2.66. The summed E-state index contributed by atoms with van der Waals surface area (Å²) in [4.78, 5) is 0. The predicted octanol–water partition coefficient (Wildman–Crippen LogP) is 3.45. The Morgan fingerprint density at radius 1 is 0.964 bits per heavy atom. The van der Waals surface area contributed by atoms with E-state index >= 15 is 0 Å². The molecule has 0 unspecified atom stereocenters. The molecule has 3 rings (SSSR count). The fourth-order valence-electron chi connectivity index (χ4n) is 3.86. The molecule has 0 saturated heterocycles. The number of ether oxygens (including phenoxy) is 1. The Hall–Kier alpha value is -1.88. The minimum Gasteiger partial charge on any atom is -0.490 e. The van der Waals surface area contributed by atoms with E-state index in [0.717, 1.165) is 17.7 Å². The van der Waals surface area contributed by atoms with Crippen molar-refractivity contribution in [2.45, 2.75) is 63.8 Å². The molecular weight excluding hydrogens is 352 g/mol. The van der Waals surface area contributed by atoms with Crippen LogP contribution < -0.4 is 4.74 Å². The zero-order chi connectivity index (χ0) is 20.3. The summed E-state index contributed by atoms with van der Waals surface area (Å²) in [5, 5.41) is 29.5. The van der Waals surface area contributed by atoms with E-state index in [4.69, 9.17) is 4.74 Å². The van der Waals surface area contributed by atoms with Crippen molar-refractivity contribution in [3.05, 3.63) is 65.2 Å². The van der Waals surface area contributed by atoms with Gasteiger partial charge in [-0.25, -0.2) is 0 Å². The maximum absolute atomic E-state index is 10.1. The largest absolute Gasteiger partial charge is 0.490 e. The van der Waals surface area contributed by atoms with Gasteiger partial charge in [-0.3, -0.25) is 0 Å². The molecule has 4 atom stereocenters. The summed E-state index contributed by atoms with van der Waals surface area (Å²) in [6, 6.07) is 16.7. The lowest BCUT2D eigenvalue weighted by atomic mass is 9.83. The van der Waals surface area contributed by atoms with Gasteiger partial charge in [0.25, 0.3) is 0 Å². The molecule has 0 radical (unpaired) electrons. The second kappa shape index (κ2) is 8.64. The van der Waals surface area contributed by atoms with Gasteiger partial charge < -0.3 is 20.1 Å². The maximum atomic E-state index is 10.1. The van der Waals surface area contributed by atoms with Gasteiger partial charge in [0.05, 0.1) is 12.2 Å². The lowest BCUT2D eigenvalue weighted by Gasteiger charge is -2.36. The molecule has 0 amide bonds. The monoisotopic (exact) mass is 384 g/mol. The van der Waals surface area contributed by atoms with Crippen molar-refractivity contribution in [2.24, 2.45) is 5.92 Å². The molecule has 4 nitrogen and oxygen atoms in total. The van der Waals surface area contributed by atoms with E-state index in [-0.39, 0.29) is 24.0 Å². The highest BCUT2D eigenvalue weighted by Crippen LogP contribution is 2.31. The van der Waals surface area contributed by atoms with Crippen molar-refractivity contribution in [3.63, 3.8) is 0 Å². The Balaban J connectivity index is 1.73. The lowest BCUT2D eigenvalue weighted by Crippen LogP contribution is -2.46. The Morgan fingerprint density at radius 3 is 2.29 bits per heavy atom. The quantitative estimate of drug-likeness (QED) is 0.739. The standard InChI is InChI=1S/C24H32O4/c1-24(2,3)19-10-8-16(9-11-19)12-17-6-4-5-7-22(17)28-20-13-18(15-25)23(27)21(26)14-20/h4-11,18,20-21,23,25-27H,12-15H2,1-3H3/t18-,20-,21-,23-/m1/s1. The number of benzene rings is 2. The molecule has 0 spiro atoms. The van der Waals surface area contributed by atoms with E-state index in [1.54, 1.807) is 0 Å². The number of aliphatic hydroxyl groups is 3. The molecule has 3 N–H and O–H groups in total. The van der Waals surface area contributed by atoms with Crippen molar-refractivity contribution < 1.29 is 20.1 Å². The van der Waals surface area contributed by atoms with Crippen LogP contribution in [0.2, 0.25) is 0 Å². The van der Waals surface area contributed by atoms with Crippen LogP contribution in [0.25, 0.3) is 0 Å². The Labute approximate surface area is 167 Å². The zero-order valence-corrected chi connectivity index (χ0v) is 17.0. The predicted molar refractivity (Wildman–Crippen MR) is 111 cm³/mol. The summed E-state index contributed by atoms with van der Waals surface area (Å²) in [7, 11) is 0. The van der Waals surface area contributed by atoms with Gasteiger partial charge in [0.2, 0.25) is 0 Å². The van der Waals surface area contributed by atoms with Gasteiger partial charge in [0, 0.05) is 25.4 Å². The zero-order valence-electron chi connectivity index (χ0n) is 17.0. The van der Waals surface area contributed by atoms with Gasteiger partial charge >= 0.3 is 0 Å². The Kier molecular flexibility index (Phi) is 6.43. The number of hydrogen-bond donors (Lipinski definition) is 3. The number of aliphatic hydroxyl groups excluding tert-OH is 3. The third kappa shape index (κ3) is 4.93. The second-order valence-corrected chi connectivity index (χ2v) is 8.94. The van der Waals surface area contributed by atoms with Gasteiger partial charge in [-0.05, 0) is 34.6 Å². The average molecular weight is 385 g/mol. The number of para-hydroxylation sites is 1. The molecule has 1 aliphatic carbocycles. The van der Waals surface area contributed by atoms with E-state index in [0.29, 0.717) is 12.8 Å². The van der Waals surface area contributed by atoms with E-state index < -0.39 is 12.2 Å². The van der Waals surface area contributed by atoms with Gasteiger partial charge in [0.1, 0.15) is 11.9 Å². The first-order valence-corrected chi connectivity index (χ1v) is 10.1. The van der Waals surface area contributed by atoms with Gasteiger partial charge in [-0.15, -0.1) is 0 Å². The highest BCUT2D eigenvalue weighted by Gasteiger charge is 2.36. The molecular formula is C24H32O4. The topological polar surface area (TPSA) is 69.9 Å². The van der Waals surface area contributed by atoms with Gasteiger partial charge in [0.15, 0.2) is 0 Å². The molecule has 0 aliphatic heterocycles.